The van der Waals surface area contributed by atoms with Gasteiger partial charge in [-0.05, 0) is 24.4 Å². The molecule has 0 saturated carbocycles. The maximum atomic E-state index is 12.3. The summed E-state index contributed by atoms with van der Waals surface area (Å²) in [5.41, 5.74) is 0. The van der Waals surface area contributed by atoms with Crippen LogP contribution in [0.25, 0.3) is 0 Å². The van der Waals surface area contributed by atoms with Crippen LogP contribution in [0, 0.1) is 0 Å². The number of carbonyl (C=O) groups excluding carboxylic acids is 1. The van der Waals surface area contributed by atoms with Gasteiger partial charge in [0.1, 0.15) is 4.88 Å². The number of hydrogen-bond donors (Lipinski definition) is 0. The van der Waals surface area contributed by atoms with Crippen LogP contribution in [0.1, 0.15) is 47.1 Å². The van der Waals surface area contributed by atoms with Gasteiger partial charge in [0.15, 0.2) is 5.82 Å². The number of aryl methyl sites for hydroxylation is 1. The molecule has 0 bridgehead atoms. The van der Waals surface area contributed by atoms with Crippen molar-refractivity contribution in [2.45, 2.75) is 32.1 Å². The molecule has 1 aliphatic heterocycles. The molecule has 3 rings (SSSR count). The Hall–Kier alpha value is -1.83. The maximum absolute atomic E-state index is 12.3. The predicted molar refractivity (Wildman–Crippen MR) is 71.5 cm³/mol. The molecule has 106 valence electrons. The molecule has 1 fully saturated rings. The number of hydrogen-bond acceptors (Lipinski definition) is 7. The van der Waals surface area contributed by atoms with Crippen LogP contribution >= 0.6 is 11.5 Å². The highest BCUT2D eigenvalue weighted by Gasteiger charge is 2.29. The van der Waals surface area contributed by atoms with Gasteiger partial charge in [-0.25, -0.2) is 0 Å². The Bertz CT molecular complexity index is 582. The molecule has 20 heavy (non-hydrogen) atoms. The largest absolute Gasteiger partial charge is 0.339 e. The second kappa shape index (κ2) is 5.66. The van der Waals surface area contributed by atoms with Gasteiger partial charge in [-0.15, -0.1) is 5.10 Å². The number of rotatable bonds is 3. The lowest BCUT2D eigenvalue weighted by atomic mass is 9.97. The lowest BCUT2D eigenvalue weighted by Gasteiger charge is -2.30. The van der Waals surface area contributed by atoms with Gasteiger partial charge in [-0.2, -0.15) is 4.98 Å². The van der Waals surface area contributed by atoms with E-state index in [1.54, 1.807) is 0 Å². The van der Waals surface area contributed by atoms with Crippen molar-refractivity contribution in [3.8, 4) is 0 Å². The van der Waals surface area contributed by atoms with Crippen LogP contribution < -0.4 is 0 Å². The molecule has 0 N–H and O–H groups in total. The summed E-state index contributed by atoms with van der Waals surface area (Å²) in [6, 6.07) is 0. The van der Waals surface area contributed by atoms with Crippen molar-refractivity contribution in [2.75, 3.05) is 13.1 Å². The Morgan fingerprint density at radius 2 is 2.50 bits per heavy atom. The minimum atomic E-state index is -0.0103. The molecule has 1 atom stereocenters. The molecular weight excluding hydrogens is 278 g/mol. The Balaban J connectivity index is 1.71. The Labute approximate surface area is 120 Å². The molecule has 0 aromatic carbocycles. The van der Waals surface area contributed by atoms with Crippen LogP contribution in [0.5, 0.6) is 0 Å². The van der Waals surface area contributed by atoms with E-state index in [4.69, 9.17) is 4.52 Å². The molecule has 1 unspecified atom stereocenters. The highest BCUT2D eigenvalue weighted by atomic mass is 32.1. The van der Waals surface area contributed by atoms with Gasteiger partial charge in [-0.1, -0.05) is 16.6 Å². The monoisotopic (exact) mass is 293 g/mol. The van der Waals surface area contributed by atoms with Crippen LogP contribution in [0.15, 0.2) is 10.7 Å². The third-order valence-corrected chi connectivity index (χ3v) is 4.08. The third-order valence-electron chi connectivity index (χ3n) is 3.43. The van der Waals surface area contributed by atoms with E-state index < -0.39 is 0 Å². The van der Waals surface area contributed by atoms with Crippen molar-refractivity contribution in [3.63, 3.8) is 0 Å². The summed E-state index contributed by atoms with van der Waals surface area (Å²) in [6.07, 6.45) is 4.17. The molecule has 7 nitrogen and oxygen atoms in total. The van der Waals surface area contributed by atoms with Crippen LogP contribution in [-0.2, 0) is 6.42 Å². The molecule has 0 aliphatic carbocycles. The zero-order valence-corrected chi connectivity index (χ0v) is 12.0. The summed E-state index contributed by atoms with van der Waals surface area (Å²) in [7, 11) is 0. The second-order valence-corrected chi connectivity index (χ2v) is 5.56. The van der Waals surface area contributed by atoms with Crippen molar-refractivity contribution >= 4 is 17.4 Å². The molecule has 2 aromatic heterocycles. The average molecular weight is 293 g/mol. The van der Waals surface area contributed by atoms with Gasteiger partial charge < -0.3 is 9.42 Å². The number of aromatic nitrogens is 4. The Kier molecular flexibility index (Phi) is 3.72. The number of piperidine rings is 1. The minimum Gasteiger partial charge on any atom is -0.339 e. The summed E-state index contributed by atoms with van der Waals surface area (Å²) in [5.74, 6) is 1.50. The molecule has 0 spiro atoms. The molecule has 2 aromatic rings. The fourth-order valence-corrected chi connectivity index (χ4v) is 2.85. The maximum Gasteiger partial charge on any atom is 0.267 e. The van der Waals surface area contributed by atoms with E-state index in [1.165, 1.54) is 6.20 Å². The number of amides is 1. The molecular formula is C12H15N5O2S. The van der Waals surface area contributed by atoms with E-state index in [-0.39, 0.29) is 11.8 Å². The van der Waals surface area contributed by atoms with Crippen molar-refractivity contribution in [1.82, 2.24) is 24.6 Å². The van der Waals surface area contributed by atoms with Crippen LogP contribution in [-0.4, -0.2) is 43.6 Å². The van der Waals surface area contributed by atoms with Crippen LogP contribution in [0.2, 0.25) is 0 Å². The van der Waals surface area contributed by atoms with E-state index in [1.807, 2.05) is 11.8 Å². The van der Waals surface area contributed by atoms with Gasteiger partial charge in [0.2, 0.25) is 5.89 Å². The van der Waals surface area contributed by atoms with Gasteiger partial charge in [0.25, 0.3) is 5.91 Å². The zero-order valence-electron chi connectivity index (χ0n) is 11.2. The van der Waals surface area contributed by atoms with E-state index >= 15 is 0 Å². The van der Waals surface area contributed by atoms with Gasteiger partial charge in [0.05, 0.1) is 6.20 Å². The average Bonchev–Trinajstić information content (AvgIpc) is 3.17. The number of carbonyl (C=O) groups is 1. The quantitative estimate of drug-likeness (QED) is 0.852. The highest BCUT2D eigenvalue weighted by molar-refractivity contribution is 7.07. The highest BCUT2D eigenvalue weighted by Crippen LogP contribution is 2.26. The first kappa shape index (κ1) is 13.2. The lowest BCUT2D eigenvalue weighted by Crippen LogP contribution is -2.39. The van der Waals surface area contributed by atoms with E-state index in [0.29, 0.717) is 23.1 Å². The smallest absolute Gasteiger partial charge is 0.267 e. The van der Waals surface area contributed by atoms with Crippen molar-refractivity contribution in [2.24, 2.45) is 0 Å². The summed E-state index contributed by atoms with van der Waals surface area (Å²) >= 11 is 1.13. The fourth-order valence-electron chi connectivity index (χ4n) is 2.37. The molecule has 1 saturated heterocycles. The summed E-state index contributed by atoms with van der Waals surface area (Å²) in [4.78, 5) is 19.1. The van der Waals surface area contributed by atoms with Crippen LogP contribution in [0.3, 0.4) is 0 Å². The lowest BCUT2D eigenvalue weighted by molar-refractivity contribution is 0.0708. The zero-order chi connectivity index (χ0) is 13.9. The number of nitrogens with zero attached hydrogens (tertiary/aromatic N) is 5. The summed E-state index contributed by atoms with van der Waals surface area (Å²) < 4.78 is 8.89. The first-order valence-electron chi connectivity index (χ1n) is 6.67. The predicted octanol–water partition coefficient (Wildman–Crippen LogP) is 1.50. The molecule has 0 radical (unpaired) electrons. The van der Waals surface area contributed by atoms with E-state index in [9.17, 15) is 4.79 Å². The summed E-state index contributed by atoms with van der Waals surface area (Å²) in [5, 5.41) is 7.73. The van der Waals surface area contributed by atoms with Crippen LogP contribution in [0.4, 0.5) is 0 Å². The SMILES string of the molecule is CCc1nc(C2CCCN(C(=O)c3cnns3)C2)no1. The molecule has 1 aliphatic rings. The summed E-state index contributed by atoms with van der Waals surface area (Å²) in [6.45, 7) is 3.36. The minimum absolute atomic E-state index is 0.0103. The molecule has 1 amide bonds. The fraction of sp³-hybridized carbons (Fsp3) is 0.583. The van der Waals surface area contributed by atoms with E-state index in [0.717, 1.165) is 37.3 Å². The Morgan fingerprint density at radius 1 is 1.60 bits per heavy atom. The van der Waals surface area contributed by atoms with Gasteiger partial charge >= 0.3 is 0 Å². The normalized spacial score (nSPS) is 19.2. The van der Waals surface area contributed by atoms with Gasteiger partial charge in [-0.3, -0.25) is 4.79 Å². The number of likely N-dealkylation sites (tertiary alicyclic amines) is 1. The topological polar surface area (TPSA) is 85.0 Å². The van der Waals surface area contributed by atoms with Crippen molar-refractivity contribution in [3.05, 3.63) is 22.8 Å². The molecule has 8 heteroatoms. The van der Waals surface area contributed by atoms with E-state index in [2.05, 4.69) is 19.7 Å². The second-order valence-electron chi connectivity index (χ2n) is 4.77. The Morgan fingerprint density at radius 3 is 3.20 bits per heavy atom. The first-order valence-corrected chi connectivity index (χ1v) is 7.44. The van der Waals surface area contributed by atoms with Crippen molar-refractivity contribution < 1.29 is 9.32 Å². The third kappa shape index (κ3) is 2.55. The first-order chi connectivity index (χ1) is 9.78. The standard InChI is InChI=1S/C12H15N5O2S/c1-2-10-14-11(15-19-10)8-4-3-5-17(7-8)12(18)9-6-13-16-20-9/h6,8H,2-5,7H2,1H3. The molecule has 3 heterocycles. The van der Waals surface area contributed by atoms with Gasteiger partial charge in [0, 0.05) is 25.4 Å². The van der Waals surface area contributed by atoms with Crippen molar-refractivity contribution in [1.29, 1.82) is 0 Å².